The molecule has 0 amide bonds. The fraction of sp³-hybridized carbons (Fsp3) is 0.444. The molecule has 0 radical (unpaired) electrons. The van der Waals surface area contributed by atoms with Crippen molar-refractivity contribution in [3.05, 3.63) is 17.3 Å². The van der Waals surface area contributed by atoms with Gasteiger partial charge in [-0.25, -0.2) is 18.1 Å². The van der Waals surface area contributed by atoms with Crippen molar-refractivity contribution < 1.29 is 13.2 Å². The van der Waals surface area contributed by atoms with Crippen LogP contribution in [0.4, 0.5) is 0 Å². The maximum Gasteiger partial charge on any atom is 0.246 e. The molecule has 1 N–H and O–H groups in total. The van der Waals surface area contributed by atoms with Gasteiger partial charge in [0.05, 0.1) is 0 Å². The van der Waals surface area contributed by atoms with Crippen molar-refractivity contribution >= 4 is 21.6 Å². The lowest BCUT2D eigenvalue weighted by atomic mass is 10.3. The first-order chi connectivity index (χ1) is 7.53. The molecule has 88 valence electrons. The molecule has 0 fully saturated rings. The molecule has 0 unspecified atom stereocenters. The first-order valence-corrected chi connectivity index (χ1v) is 6.72. The second kappa shape index (κ2) is 4.20. The number of ether oxygens (including phenoxy) is 1. The van der Waals surface area contributed by atoms with Gasteiger partial charge in [-0.1, -0.05) is 18.5 Å². The van der Waals surface area contributed by atoms with Gasteiger partial charge in [-0.15, -0.1) is 0 Å². The number of nitrogens with one attached hydrogen (secondary N) is 1. The molecule has 2 rings (SSSR count). The molecule has 1 aliphatic rings. The van der Waals surface area contributed by atoms with E-state index < -0.39 is 10.0 Å². The number of halogens is 1. The van der Waals surface area contributed by atoms with Crippen LogP contribution in [0.5, 0.6) is 5.88 Å². The highest BCUT2D eigenvalue weighted by molar-refractivity contribution is 7.89. The molecular weight excluding hydrogens is 252 g/mol. The van der Waals surface area contributed by atoms with E-state index in [0.29, 0.717) is 6.42 Å². The van der Waals surface area contributed by atoms with Crippen LogP contribution in [-0.4, -0.2) is 26.1 Å². The lowest BCUT2D eigenvalue weighted by Gasteiger charge is -2.12. The van der Waals surface area contributed by atoms with Crippen LogP contribution in [-0.2, 0) is 10.0 Å². The van der Waals surface area contributed by atoms with Crippen LogP contribution in [0.3, 0.4) is 0 Å². The smallest absolute Gasteiger partial charge is 0.246 e. The zero-order valence-electron chi connectivity index (χ0n) is 8.60. The SMILES string of the molecule is CC[C@@H]1CNS(=O)(=O)c2ccc(Cl)nc2O1. The Bertz CT molecular complexity index is 503. The Balaban J connectivity index is 2.53. The van der Waals surface area contributed by atoms with E-state index in [1.165, 1.54) is 12.1 Å². The maximum atomic E-state index is 11.8. The van der Waals surface area contributed by atoms with Gasteiger partial charge >= 0.3 is 0 Å². The quantitative estimate of drug-likeness (QED) is 0.772. The summed E-state index contributed by atoms with van der Waals surface area (Å²) in [6, 6.07) is 2.82. The van der Waals surface area contributed by atoms with Crippen molar-refractivity contribution in [2.45, 2.75) is 24.3 Å². The molecule has 1 aromatic rings. The second-order valence-electron chi connectivity index (χ2n) is 3.44. The van der Waals surface area contributed by atoms with Crippen LogP contribution in [0.25, 0.3) is 0 Å². The van der Waals surface area contributed by atoms with E-state index in [1.54, 1.807) is 0 Å². The standard InChI is InChI=1S/C9H11ClN2O3S/c1-2-6-5-11-16(13,14)7-3-4-8(10)12-9(7)15-6/h3-4,6,11H,2,5H2,1H3/t6-/m1/s1. The van der Waals surface area contributed by atoms with Gasteiger partial charge in [0.2, 0.25) is 15.9 Å². The average molecular weight is 263 g/mol. The predicted molar refractivity (Wildman–Crippen MR) is 59.1 cm³/mol. The van der Waals surface area contributed by atoms with Gasteiger partial charge in [-0.05, 0) is 18.6 Å². The summed E-state index contributed by atoms with van der Waals surface area (Å²) in [5, 5.41) is 0.214. The zero-order chi connectivity index (χ0) is 11.8. The van der Waals surface area contributed by atoms with E-state index in [0.717, 1.165) is 0 Å². The van der Waals surface area contributed by atoms with Crippen LogP contribution in [0.2, 0.25) is 5.15 Å². The molecule has 0 aromatic carbocycles. The Labute approximate surface area is 98.8 Å². The lowest BCUT2D eigenvalue weighted by Crippen LogP contribution is -2.31. The largest absolute Gasteiger partial charge is 0.472 e. The molecular formula is C9H11ClN2O3S. The maximum absolute atomic E-state index is 11.8. The molecule has 0 bridgehead atoms. The molecule has 1 aromatic heterocycles. The summed E-state index contributed by atoms with van der Waals surface area (Å²) in [5.74, 6) is 0.0735. The minimum absolute atomic E-state index is 0.0350. The second-order valence-corrected chi connectivity index (χ2v) is 5.56. The van der Waals surface area contributed by atoms with E-state index in [-0.39, 0.29) is 28.6 Å². The van der Waals surface area contributed by atoms with Gasteiger partial charge in [0.15, 0.2) is 0 Å². The van der Waals surface area contributed by atoms with E-state index in [1.807, 2.05) is 6.92 Å². The van der Waals surface area contributed by atoms with Gasteiger partial charge in [0.1, 0.15) is 16.2 Å². The molecule has 7 heteroatoms. The fourth-order valence-electron chi connectivity index (χ4n) is 1.40. The summed E-state index contributed by atoms with van der Waals surface area (Å²) in [4.78, 5) is 3.93. The number of aromatic nitrogens is 1. The zero-order valence-corrected chi connectivity index (χ0v) is 10.2. The highest BCUT2D eigenvalue weighted by atomic mass is 35.5. The van der Waals surface area contributed by atoms with E-state index in [4.69, 9.17) is 16.3 Å². The van der Waals surface area contributed by atoms with Crippen molar-refractivity contribution in [1.29, 1.82) is 0 Å². The minimum Gasteiger partial charge on any atom is -0.472 e. The molecule has 1 atom stereocenters. The molecule has 2 heterocycles. The van der Waals surface area contributed by atoms with Crippen LogP contribution in [0.15, 0.2) is 17.0 Å². The Kier molecular flexibility index (Phi) is 3.05. The number of nitrogens with zero attached hydrogens (tertiary/aromatic N) is 1. The number of sulfonamides is 1. The van der Waals surface area contributed by atoms with E-state index in [9.17, 15) is 8.42 Å². The number of pyridine rings is 1. The summed E-state index contributed by atoms with van der Waals surface area (Å²) in [6.07, 6.45) is 0.470. The normalized spacial score (nSPS) is 23.0. The van der Waals surface area contributed by atoms with Crippen LogP contribution >= 0.6 is 11.6 Å². The summed E-state index contributed by atoms with van der Waals surface area (Å²) in [7, 11) is -3.53. The average Bonchev–Trinajstić information content (AvgIpc) is 2.35. The third kappa shape index (κ3) is 2.14. The van der Waals surface area contributed by atoms with Crippen molar-refractivity contribution in [2.24, 2.45) is 0 Å². The van der Waals surface area contributed by atoms with Gasteiger partial charge in [-0.3, -0.25) is 0 Å². The van der Waals surface area contributed by atoms with Crippen LogP contribution in [0, 0.1) is 0 Å². The third-order valence-corrected chi connectivity index (χ3v) is 3.96. The first kappa shape index (κ1) is 11.6. The molecule has 1 aliphatic heterocycles. The number of hydrogen-bond acceptors (Lipinski definition) is 4. The Morgan fingerprint density at radius 3 is 3.06 bits per heavy atom. The molecule has 0 saturated heterocycles. The Morgan fingerprint density at radius 2 is 2.38 bits per heavy atom. The van der Waals surface area contributed by atoms with Gasteiger partial charge in [-0.2, -0.15) is 0 Å². The minimum atomic E-state index is -3.53. The van der Waals surface area contributed by atoms with Crippen molar-refractivity contribution in [2.75, 3.05) is 6.54 Å². The third-order valence-electron chi connectivity index (χ3n) is 2.32. The number of rotatable bonds is 1. The summed E-state index contributed by atoms with van der Waals surface area (Å²) in [5.41, 5.74) is 0. The van der Waals surface area contributed by atoms with Gasteiger partial charge in [0.25, 0.3) is 0 Å². The fourth-order valence-corrected chi connectivity index (χ4v) is 2.67. The van der Waals surface area contributed by atoms with Gasteiger partial charge < -0.3 is 4.74 Å². The number of fused-ring (bicyclic) bond motifs is 1. The Morgan fingerprint density at radius 1 is 1.62 bits per heavy atom. The first-order valence-electron chi connectivity index (χ1n) is 4.86. The molecule has 0 spiro atoms. The van der Waals surface area contributed by atoms with E-state index in [2.05, 4.69) is 9.71 Å². The summed E-state index contributed by atoms with van der Waals surface area (Å²) < 4.78 is 31.5. The molecule has 0 saturated carbocycles. The summed E-state index contributed by atoms with van der Waals surface area (Å²) >= 11 is 5.71. The van der Waals surface area contributed by atoms with Crippen molar-refractivity contribution in [3.8, 4) is 5.88 Å². The van der Waals surface area contributed by atoms with Crippen molar-refractivity contribution in [3.63, 3.8) is 0 Å². The number of hydrogen-bond donors (Lipinski definition) is 1. The van der Waals surface area contributed by atoms with Crippen LogP contribution in [0.1, 0.15) is 13.3 Å². The van der Waals surface area contributed by atoms with Crippen LogP contribution < -0.4 is 9.46 Å². The van der Waals surface area contributed by atoms with Crippen molar-refractivity contribution in [1.82, 2.24) is 9.71 Å². The highest BCUT2D eigenvalue weighted by Gasteiger charge is 2.27. The molecule has 16 heavy (non-hydrogen) atoms. The molecule has 5 nitrogen and oxygen atoms in total. The topological polar surface area (TPSA) is 68.3 Å². The predicted octanol–water partition coefficient (Wildman–Crippen LogP) is 1.18. The summed E-state index contributed by atoms with van der Waals surface area (Å²) in [6.45, 7) is 2.15. The monoisotopic (exact) mass is 262 g/mol. The Hall–Kier alpha value is -0.850. The highest BCUT2D eigenvalue weighted by Crippen LogP contribution is 2.26. The van der Waals surface area contributed by atoms with Gasteiger partial charge in [0, 0.05) is 6.54 Å². The van der Waals surface area contributed by atoms with E-state index >= 15 is 0 Å². The molecule has 0 aliphatic carbocycles. The lowest BCUT2D eigenvalue weighted by molar-refractivity contribution is 0.191.